The minimum atomic E-state index is -1.09. The maximum Gasteiger partial charge on any atom is 0.325 e. The molecule has 1 aliphatic rings. The highest BCUT2D eigenvalue weighted by Crippen LogP contribution is 2.09. The monoisotopic (exact) mass is 214 g/mol. The number of carbonyl (C=O) groups is 2. The molecule has 6 nitrogen and oxygen atoms in total. The number of carboxylic acids is 1. The van der Waals surface area contributed by atoms with Crippen LogP contribution in [-0.2, 0) is 14.3 Å². The molecule has 0 aromatic rings. The van der Waals surface area contributed by atoms with Crippen LogP contribution in [0.1, 0.15) is 20.3 Å². The summed E-state index contributed by atoms with van der Waals surface area (Å²) < 4.78 is 5.08. The standard InChI is InChI=1S/C9H14N2O4/c1-6(2)3-7-10-11(4-9(13)14)8(12)5-15-7/h6H,3-5H2,1-2H3,(H,13,14). The Kier molecular flexibility index (Phi) is 3.65. The number of amides is 1. The number of ether oxygens (including phenoxy) is 1. The van der Waals surface area contributed by atoms with Crippen molar-refractivity contribution in [3.8, 4) is 0 Å². The van der Waals surface area contributed by atoms with Crippen LogP contribution < -0.4 is 0 Å². The smallest absolute Gasteiger partial charge is 0.325 e. The largest absolute Gasteiger partial charge is 0.480 e. The number of hydrazone groups is 1. The van der Waals surface area contributed by atoms with Gasteiger partial charge < -0.3 is 9.84 Å². The van der Waals surface area contributed by atoms with Gasteiger partial charge in [0, 0.05) is 6.42 Å². The van der Waals surface area contributed by atoms with Gasteiger partial charge in [0.25, 0.3) is 5.91 Å². The molecule has 0 spiro atoms. The van der Waals surface area contributed by atoms with Crippen molar-refractivity contribution in [1.82, 2.24) is 5.01 Å². The van der Waals surface area contributed by atoms with Crippen molar-refractivity contribution in [1.29, 1.82) is 0 Å². The highest BCUT2D eigenvalue weighted by molar-refractivity contribution is 5.89. The molecule has 0 atom stereocenters. The normalized spacial score (nSPS) is 16.3. The number of rotatable bonds is 4. The Morgan fingerprint density at radius 1 is 1.67 bits per heavy atom. The topological polar surface area (TPSA) is 79.2 Å². The Hall–Kier alpha value is -1.59. The Labute approximate surface area is 87.5 Å². The van der Waals surface area contributed by atoms with E-state index >= 15 is 0 Å². The predicted octanol–water partition coefficient (Wildman–Crippen LogP) is 0.289. The number of hydrogen-bond acceptors (Lipinski definition) is 4. The van der Waals surface area contributed by atoms with Gasteiger partial charge in [0.15, 0.2) is 6.61 Å². The molecule has 0 fully saturated rings. The summed E-state index contributed by atoms with van der Waals surface area (Å²) in [6.07, 6.45) is 0.601. The molecule has 1 heterocycles. The Morgan fingerprint density at radius 2 is 2.33 bits per heavy atom. The van der Waals surface area contributed by atoms with Gasteiger partial charge in [-0.25, -0.2) is 5.01 Å². The maximum atomic E-state index is 11.2. The van der Waals surface area contributed by atoms with Gasteiger partial charge in [-0.15, -0.1) is 5.10 Å². The van der Waals surface area contributed by atoms with Crippen molar-refractivity contribution in [2.24, 2.45) is 11.0 Å². The molecule has 0 aromatic heterocycles. The number of aliphatic carboxylic acids is 1. The van der Waals surface area contributed by atoms with Crippen LogP contribution in [0.3, 0.4) is 0 Å². The molecule has 1 N–H and O–H groups in total. The third-order valence-corrected chi connectivity index (χ3v) is 1.75. The molecule has 1 rings (SSSR count). The van der Waals surface area contributed by atoms with Gasteiger partial charge in [0.2, 0.25) is 5.90 Å². The summed E-state index contributed by atoms with van der Waals surface area (Å²) in [5, 5.41) is 13.3. The molecule has 0 saturated heterocycles. The molecule has 0 saturated carbocycles. The predicted molar refractivity (Wildman–Crippen MR) is 52.2 cm³/mol. The molecule has 0 radical (unpaired) electrons. The molecule has 6 heteroatoms. The van der Waals surface area contributed by atoms with Crippen molar-refractivity contribution in [2.45, 2.75) is 20.3 Å². The van der Waals surface area contributed by atoms with Gasteiger partial charge in [-0.1, -0.05) is 13.8 Å². The van der Waals surface area contributed by atoms with Crippen molar-refractivity contribution in [2.75, 3.05) is 13.2 Å². The lowest BCUT2D eigenvalue weighted by molar-refractivity contribution is -0.146. The Bertz CT molecular complexity index is 298. The fraction of sp³-hybridized carbons (Fsp3) is 0.667. The molecule has 0 bridgehead atoms. The van der Waals surface area contributed by atoms with Gasteiger partial charge in [-0.05, 0) is 5.92 Å². The summed E-state index contributed by atoms with van der Waals surface area (Å²) in [5.74, 6) is -0.739. The molecule has 15 heavy (non-hydrogen) atoms. The summed E-state index contributed by atoms with van der Waals surface area (Å²) in [5.41, 5.74) is 0. The van der Waals surface area contributed by atoms with Gasteiger partial charge in [0.05, 0.1) is 0 Å². The summed E-state index contributed by atoms with van der Waals surface area (Å²) >= 11 is 0. The van der Waals surface area contributed by atoms with E-state index in [1.165, 1.54) is 0 Å². The molecule has 0 unspecified atom stereocenters. The molecular formula is C9H14N2O4. The first kappa shape index (κ1) is 11.5. The van der Waals surface area contributed by atoms with E-state index in [0.29, 0.717) is 18.2 Å². The van der Waals surface area contributed by atoms with Crippen LogP contribution in [-0.4, -0.2) is 41.0 Å². The highest BCUT2D eigenvalue weighted by atomic mass is 16.5. The zero-order valence-corrected chi connectivity index (χ0v) is 8.77. The lowest BCUT2D eigenvalue weighted by atomic mass is 10.1. The maximum absolute atomic E-state index is 11.2. The van der Waals surface area contributed by atoms with Crippen LogP contribution in [0.5, 0.6) is 0 Å². The number of nitrogens with zero attached hydrogens (tertiary/aromatic N) is 2. The highest BCUT2D eigenvalue weighted by Gasteiger charge is 2.23. The first-order valence-electron chi connectivity index (χ1n) is 4.71. The summed E-state index contributed by atoms with van der Waals surface area (Å²) in [4.78, 5) is 21.6. The summed E-state index contributed by atoms with van der Waals surface area (Å²) in [6.45, 7) is 3.44. The Balaban J connectivity index is 2.67. The summed E-state index contributed by atoms with van der Waals surface area (Å²) in [7, 11) is 0. The first-order valence-corrected chi connectivity index (χ1v) is 4.71. The van der Waals surface area contributed by atoms with E-state index < -0.39 is 18.4 Å². The van der Waals surface area contributed by atoms with Crippen LogP contribution in [0.4, 0.5) is 0 Å². The molecule has 0 aliphatic carbocycles. The van der Waals surface area contributed by atoms with E-state index in [4.69, 9.17) is 9.84 Å². The van der Waals surface area contributed by atoms with E-state index in [1.807, 2.05) is 13.8 Å². The second-order valence-corrected chi connectivity index (χ2v) is 3.73. The Morgan fingerprint density at radius 3 is 2.87 bits per heavy atom. The lowest BCUT2D eigenvalue weighted by Gasteiger charge is -2.22. The minimum absolute atomic E-state index is 0.126. The van der Waals surface area contributed by atoms with E-state index in [9.17, 15) is 9.59 Å². The third-order valence-electron chi connectivity index (χ3n) is 1.75. The van der Waals surface area contributed by atoms with Crippen LogP contribution in [0.25, 0.3) is 0 Å². The van der Waals surface area contributed by atoms with Crippen molar-refractivity contribution in [3.63, 3.8) is 0 Å². The number of carboxylic acid groups (broad SMARTS) is 1. The molecule has 1 aliphatic heterocycles. The second kappa shape index (κ2) is 4.77. The van der Waals surface area contributed by atoms with Crippen LogP contribution in [0.2, 0.25) is 0 Å². The lowest BCUT2D eigenvalue weighted by Crippen LogP contribution is -2.39. The fourth-order valence-corrected chi connectivity index (χ4v) is 1.14. The van der Waals surface area contributed by atoms with E-state index in [1.54, 1.807) is 0 Å². The third kappa shape index (κ3) is 3.57. The quantitative estimate of drug-likeness (QED) is 0.729. The van der Waals surface area contributed by atoms with Gasteiger partial charge >= 0.3 is 5.97 Å². The van der Waals surface area contributed by atoms with Gasteiger partial charge in [0.1, 0.15) is 6.54 Å². The molecule has 1 amide bonds. The zero-order chi connectivity index (χ0) is 11.4. The summed E-state index contributed by atoms with van der Waals surface area (Å²) in [6, 6.07) is 0. The average Bonchev–Trinajstić information content (AvgIpc) is 2.09. The minimum Gasteiger partial charge on any atom is -0.480 e. The van der Waals surface area contributed by atoms with Crippen LogP contribution in [0.15, 0.2) is 5.10 Å². The molecule has 84 valence electrons. The number of carbonyl (C=O) groups excluding carboxylic acids is 1. The van der Waals surface area contributed by atoms with Crippen molar-refractivity contribution in [3.05, 3.63) is 0 Å². The first-order chi connectivity index (χ1) is 6.99. The van der Waals surface area contributed by atoms with Crippen LogP contribution >= 0.6 is 0 Å². The fourth-order valence-electron chi connectivity index (χ4n) is 1.14. The second-order valence-electron chi connectivity index (χ2n) is 3.73. The zero-order valence-electron chi connectivity index (χ0n) is 8.77. The van der Waals surface area contributed by atoms with E-state index in [2.05, 4.69) is 5.10 Å². The van der Waals surface area contributed by atoms with E-state index in [-0.39, 0.29) is 6.61 Å². The number of hydrogen-bond donors (Lipinski definition) is 1. The van der Waals surface area contributed by atoms with Crippen molar-refractivity contribution >= 4 is 17.8 Å². The van der Waals surface area contributed by atoms with Crippen molar-refractivity contribution < 1.29 is 19.4 Å². The SMILES string of the molecule is CC(C)CC1=NN(CC(=O)O)C(=O)CO1. The molecule has 0 aromatic carbocycles. The van der Waals surface area contributed by atoms with E-state index in [0.717, 1.165) is 5.01 Å². The average molecular weight is 214 g/mol. The van der Waals surface area contributed by atoms with Gasteiger partial charge in [-0.3, -0.25) is 9.59 Å². The van der Waals surface area contributed by atoms with Crippen LogP contribution in [0, 0.1) is 5.92 Å². The molecular weight excluding hydrogens is 200 g/mol. The van der Waals surface area contributed by atoms with Gasteiger partial charge in [-0.2, -0.15) is 0 Å².